The third-order valence-corrected chi connectivity index (χ3v) is 4.06. The molecule has 0 saturated carbocycles. The molecule has 1 unspecified atom stereocenters. The molecule has 6 nitrogen and oxygen atoms in total. The van der Waals surface area contributed by atoms with Crippen LogP contribution in [0.2, 0.25) is 0 Å². The predicted octanol–water partition coefficient (Wildman–Crippen LogP) is 2.12. The molecule has 1 aromatic rings. The van der Waals surface area contributed by atoms with Crippen LogP contribution in [0.4, 0.5) is 4.39 Å². The smallest absolute Gasteiger partial charge is 0.101 e. The van der Waals surface area contributed by atoms with Crippen LogP contribution in [0.5, 0.6) is 0 Å². The summed E-state index contributed by atoms with van der Waals surface area (Å²) in [7, 11) is 0.131. The van der Waals surface area contributed by atoms with Gasteiger partial charge in [0.25, 0.3) is 0 Å². The number of azide groups is 1. The van der Waals surface area contributed by atoms with Gasteiger partial charge in [0.05, 0.1) is 35.3 Å². The van der Waals surface area contributed by atoms with Crippen LogP contribution in [0.3, 0.4) is 0 Å². The molecule has 1 N–H and O–H groups in total. The lowest BCUT2D eigenvalue weighted by Gasteiger charge is -2.20. The second-order valence-corrected chi connectivity index (χ2v) is 5.50. The summed E-state index contributed by atoms with van der Waals surface area (Å²) in [5.41, 5.74) is 9.04. The molecule has 0 amide bonds. The summed E-state index contributed by atoms with van der Waals surface area (Å²) >= 11 is 0. The van der Waals surface area contributed by atoms with Gasteiger partial charge in [-0.2, -0.15) is 0 Å². The quantitative estimate of drug-likeness (QED) is 0.452. The number of hydrogen-bond donors (Lipinski definition) is 1. The van der Waals surface area contributed by atoms with Crippen molar-refractivity contribution in [3.63, 3.8) is 0 Å². The first-order valence-electron chi connectivity index (χ1n) is 5.90. The lowest BCUT2D eigenvalue weighted by Crippen LogP contribution is -2.20. The molecule has 0 aliphatic rings. The number of aliphatic hydroxyl groups is 1. The van der Waals surface area contributed by atoms with E-state index >= 15 is 0 Å². The minimum atomic E-state index is -1.27. The van der Waals surface area contributed by atoms with Crippen LogP contribution in [-0.4, -0.2) is 41.5 Å². The molecule has 0 fully saturated rings. The summed E-state index contributed by atoms with van der Waals surface area (Å²) in [6, 6.07) is 5.60. The van der Waals surface area contributed by atoms with Gasteiger partial charge in [0.15, 0.2) is 0 Å². The fourth-order valence-corrected chi connectivity index (χ4v) is 2.61. The van der Waals surface area contributed by atoms with Crippen molar-refractivity contribution in [1.82, 2.24) is 0 Å². The van der Waals surface area contributed by atoms with Crippen molar-refractivity contribution < 1.29 is 18.4 Å². The zero-order chi connectivity index (χ0) is 15.0. The number of methoxy groups -OCH3 is 1. The Morgan fingerprint density at radius 1 is 1.50 bits per heavy atom. The van der Waals surface area contributed by atoms with E-state index in [1.807, 2.05) is 0 Å². The molecule has 0 aromatic heterocycles. The van der Waals surface area contributed by atoms with E-state index in [1.165, 1.54) is 7.11 Å². The Labute approximate surface area is 118 Å². The van der Waals surface area contributed by atoms with Gasteiger partial charge in [-0.05, 0) is 23.2 Å². The summed E-state index contributed by atoms with van der Waals surface area (Å²) in [5.74, 6) is 0.166. The minimum Gasteiger partial charge on any atom is -0.395 e. The van der Waals surface area contributed by atoms with Crippen LogP contribution in [0, 0.1) is 0 Å². The average molecular weight is 301 g/mol. The zero-order valence-electron chi connectivity index (χ0n) is 11.0. The minimum absolute atomic E-state index is 0.157. The van der Waals surface area contributed by atoms with Crippen molar-refractivity contribution in [2.75, 3.05) is 26.1 Å². The standard InChI is InChI=1S/C12H16FN3O3S/c1-19-12(11(8-13)15-16-14)9-2-4-10(5-3-9)20(18)7-6-17/h2-5,11-12,17H,6-8H2,1H3/t11-,12-,20?/m1/s1. The summed E-state index contributed by atoms with van der Waals surface area (Å²) in [6.07, 6.45) is -0.698. The van der Waals surface area contributed by atoms with E-state index in [-0.39, 0.29) is 12.4 Å². The number of halogens is 1. The van der Waals surface area contributed by atoms with E-state index in [0.29, 0.717) is 10.5 Å². The molecule has 8 heteroatoms. The number of benzene rings is 1. The molecule has 20 heavy (non-hydrogen) atoms. The van der Waals surface area contributed by atoms with Crippen LogP contribution in [-0.2, 0) is 15.5 Å². The van der Waals surface area contributed by atoms with Crippen LogP contribution in [0.1, 0.15) is 11.7 Å². The monoisotopic (exact) mass is 301 g/mol. The van der Waals surface area contributed by atoms with Crippen molar-refractivity contribution in [3.05, 3.63) is 40.3 Å². The van der Waals surface area contributed by atoms with Gasteiger partial charge < -0.3 is 9.84 Å². The van der Waals surface area contributed by atoms with Gasteiger partial charge in [0.1, 0.15) is 6.67 Å². The largest absolute Gasteiger partial charge is 0.395 e. The van der Waals surface area contributed by atoms with E-state index < -0.39 is 29.6 Å². The topological polar surface area (TPSA) is 95.3 Å². The maximum absolute atomic E-state index is 12.9. The molecule has 0 radical (unpaired) electrons. The highest BCUT2D eigenvalue weighted by molar-refractivity contribution is 7.85. The maximum atomic E-state index is 12.9. The molecular formula is C12H16FN3O3S. The third-order valence-electron chi connectivity index (χ3n) is 2.71. The molecule has 0 saturated heterocycles. The highest BCUT2D eigenvalue weighted by Gasteiger charge is 2.22. The summed E-state index contributed by atoms with van der Waals surface area (Å²) in [5, 5.41) is 12.1. The average Bonchev–Trinajstić information content (AvgIpc) is 2.48. The summed E-state index contributed by atoms with van der Waals surface area (Å²) in [6.45, 7) is -0.989. The fourth-order valence-electron chi connectivity index (χ4n) is 1.76. The number of aliphatic hydroxyl groups excluding tert-OH is 1. The van der Waals surface area contributed by atoms with Crippen molar-refractivity contribution in [3.8, 4) is 0 Å². The molecule has 1 rings (SSSR count). The Kier molecular flexibility index (Phi) is 7.17. The van der Waals surface area contributed by atoms with Gasteiger partial charge in [-0.25, -0.2) is 0 Å². The molecule has 0 spiro atoms. The number of ether oxygens (including phenoxy) is 1. The van der Waals surface area contributed by atoms with E-state index in [4.69, 9.17) is 15.4 Å². The number of hydrogen-bond acceptors (Lipinski definition) is 4. The third kappa shape index (κ3) is 4.28. The highest BCUT2D eigenvalue weighted by atomic mass is 32.2. The van der Waals surface area contributed by atoms with Gasteiger partial charge in [0, 0.05) is 16.9 Å². The first-order chi connectivity index (χ1) is 9.67. The van der Waals surface area contributed by atoms with E-state index in [9.17, 15) is 8.60 Å². The second kappa shape index (κ2) is 8.65. The van der Waals surface area contributed by atoms with E-state index in [0.717, 1.165) is 0 Å². The van der Waals surface area contributed by atoms with Gasteiger partial charge in [-0.1, -0.05) is 17.2 Å². The molecule has 0 heterocycles. The highest BCUT2D eigenvalue weighted by Crippen LogP contribution is 2.24. The molecule has 0 bridgehead atoms. The Bertz CT molecular complexity index is 491. The molecular weight excluding hydrogens is 285 g/mol. The number of rotatable bonds is 8. The SMILES string of the molecule is CO[C@H](c1ccc(S(=O)CCO)cc1)[C@@H](CF)N=[N+]=[N-]. The molecule has 0 aliphatic carbocycles. The fraction of sp³-hybridized carbons (Fsp3) is 0.500. The number of alkyl halides is 1. The van der Waals surface area contributed by atoms with Crippen molar-refractivity contribution >= 4 is 10.8 Å². The Morgan fingerprint density at radius 3 is 2.60 bits per heavy atom. The van der Waals surface area contributed by atoms with Crippen LogP contribution in [0.25, 0.3) is 10.4 Å². The lowest BCUT2D eigenvalue weighted by atomic mass is 10.0. The van der Waals surface area contributed by atoms with Crippen molar-refractivity contribution in [2.24, 2.45) is 5.11 Å². The normalized spacial score (nSPS) is 15.2. The Hall–Kier alpha value is -1.47. The first-order valence-corrected chi connectivity index (χ1v) is 7.22. The maximum Gasteiger partial charge on any atom is 0.101 e. The Morgan fingerprint density at radius 2 is 2.15 bits per heavy atom. The Balaban J connectivity index is 2.94. The zero-order valence-corrected chi connectivity index (χ0v) is 11.8. The van der Waals surface area contributed by atoms with Gasteiger partial charge in [-0.3, -0.25) is 8.60 Å². The van der Waals surface area contributed by atoms with Crippen molar-refractivity contribution in [2.45, 2.75) is 17.0 Å². The number of nitrogens with zero attached hydrogens (tertiary/aromatic N) is 3. The van der Waals surface area contributed by atoms with Gasteiger partial charge in [0.2, 0.25) is 0 Å². The first kappa shape index (κ1) is 16.6. The lowest BCUT2D eigenvalue weighted by molar-refractivity contribution is 0.0721. The summed E-state index contributed by atoms with van der Waals surface area (Å²) in [4.78, 5) is 3.17. The second-order valence-electron chi connectivity index (χ2n) is 3.93. The molecule has 0 aliphatic heterocycles. The summed E-state index contributed by atoms with van der Waals surface area (Å²) < 4.78 is 29.7. The predicted molar refractivity (Wildman–Crippen MR) is 73.5 cm³/mol. The van der Waals surface area contributed by atoms with E-state index in [2.05, 4.69) is 10.0 Å². The molecule has 3 atom stereocenters. The van der Waals surface area contributed by atoms with E-state index in [1.54, 1.807) is 24.3 Å². The molecule has 110 valence electrons. The molecule has 1 aromatic carbocycles. The van der Waals surface area contributed by atoms with Crippen molar-refractivity contribution in [1.29, 1.82) is 0 Å². The van der Waals surface area contributed by atoms with Crippen LogP contribution < -0.4 is 0 Å². The van der Waals surface area contributed by atoms with Crippen LogP contribution in [0.15, 0.2) is 34.3 Å². The van der Waals surface area contributed by atoms with Crippen LogP contribution >= 0.6 is 0 Å². The van der Waals surface area contributed by atoms with Gasteiger partial charge >= 0.3 is 0 Å². The van der Waals surface area contributed by atoms with Gasteiger partial charge in [-0.15, -0.1) is 0 Å².